The highest BCUT2D eigenvalue weighted by atomic mass is 32.1. The Morgan fingerprint density at radius 1 is 1.39 bits per heavy atom. The number of likely N-dealkylation sites (N-methyl/N-ethyl adjacent to an activating group) is 2. The molecule has 1 fully saturated rings. The summed E-state index contributed by atoms with van der Waals surface area (Å²) in [6.07, 6.45) is 1.39. The molecule has 152 valence electrons. The molecule has 2 aromatic rings. The topological polar surface area (TPSA) is 86.2 Å². The molecule has 1 N–H and O–H groups in total. The van der Waals surface area contributed by atoms with E-state index in [9.17, 15) is 14.7 Å². The van der Waals surface area contributed by atoms with Gasteiger partial charge in [-0.05, 0) is 6.07 Å². The fraction of sp³-hybridized carbons (Fsp3) is 0.526. The zero-order valence-corrected chi connectivity index (χ0v) is 17.2. The van der Waals surface area contributed by atoms with Crippen molar-refractivity contribution >= 4 is 33.4 Å². The van der Waals surface area contributed by atoms with Crippen LogP contribution >= 0.6 is 11.3 Å². The molecule has 0 radical (unpaired) electrons. The zero-order valence-electron chi connectivity index (χ0n) is 16.4. The normalized spacial score (nSPS) is 17.6. The molecule has 1 aliphatic rings. The van der Waals surface area contributed by atoms with Gasteiger partial charge >= 0.3 is 0 Å². The number of fused-ring (bicyclic) bond motifs is 1. The first-order chi connectivity index (χ1) is 13.4. The Morgan fingerprint density at radius 2 is 2.18 bits per heavy atom. The van der Waals surface area contributed by atoms with Crippen molar-refractivity contribution < 1.29 is 19.4 Å². The molecule has 2 amide bonds. The minimum absolute atomic E-state index is 0.0384. The summed E-state index contributed by atoms with van der Waals surface area (Å²) in [6.45, 7) is 2.17. The minimum Gasteiger partial charge on any atom is -0.395 e. The average Bonchev–Trinajstić information content (AvgIpc) is 3.07. The monoisotopic (exact) mass is 406 g/mol. The molecule has 3 heterocycles. The molecule has 9 heteroatoms. The Hall–Kier alpha value is -2.07. The minimum atomic E-state index is -0.317. The number of amides is 2. The number of aliphatic hydroxyl groups excluding tert-OH is 1. The van der Waals surface area contributed by atoms with E-state index in [2.05, 4.69) is 9.88 Å². The van der Waals surface area contributed by atoms with Gasteiger partial charge in [0.15, 0.2) is 0 Å². The van der Waals surface area contributed by atoms with E-state index in [-0.39, 0.29) is 31.1 Å². The number of nitrogens with zero attached hydrogens (tertiary/aromatic N) is 4. The van der Waals surface area contributed by atoms with Crippen molar-refractivity contribution in [3.63, 3.8) is 0 Å². The van der Waals surface area contributed by atoms with Crippen molar-refractivity contribution in [1.82, 2.24) is 19.7 Å². The van der Waals surface area contributed by atoms with Gasteiger partial charge in [0.1, 0.15) is 9.71 Å². The van der Waals surface area contributed by atoms with E-state index in [1.807, 2.05) is 12.1 Å². The molecule has 1 saturated heterocycles. The highest BCUT2D eigenvalue weighted by molar-refractivity contribution is 7.20. The molecule has 28 heavy (non-hydrogen) atoms. The summed E-state index contributed by atoms with van der Waals surface area (Å²) in [6, 6.07) is 3.80. The van der Waals surface area contributed by atoms with Gasteiger partial charge in [0.2, 0.25) is 5.91 Å². The Kier molecular flexibility index (Phi) is 6.61. The zero-order chi connectivity index (χ0) is 20.3. The number of thiophene rings is 1. The fourth-order valence-electron chi connectivity index (χ4n) is 3.21. The lowest BCUT2D eigenvalue weighted by Gasteiger charge is -2.33. The first kappa shape index (κ1) is 20.7. The van der Waals surface area contributed by atoms with Crippen LogP contribution in [0.25, 0.3) is 10.2 Å². The largest absolute Gasteiger partial charge is 0.395 e. The lowest BCUT2D eigenvalue weighted by molar-refractivity contribution is -0.132. The van der Waals surface area contributed by atoms with Crippen LogP contribution in [0.5, 0.6) is 0 Å². The van der Waals surface area contributed by atoms with Crippen LogP contribution in [0.15, 0.2) is 18.3 Å². The number of rotatable bonds is 6. The van der Waals surface area contributed by atoms with E-state index >= 15 is 0 Å². The second-order valence-corrected chi connectivity index (χ2v) is 8.03. The second-order valence-electron chi connectivity index (χ2n) is 7.03. The Labute approximate surface area is 168 Å². The van der Waals surface area contributed by atoms with Gasteiger partial charge in [-0.2, -0.15) is 0 Å². The van der Waals surface area contributed by atoms with Crippen molar-refractivity contribution in [2.24, 2.45) is 0 Å². The fourth-order valence-corrected chi connectivity index (χ4v) is 4.40. The van der Waals surface area contributed by atoms with E-state index in [1.54, 1.807) is 32.2 Å². The number of aromatic nitrogens is 1. The predicted molar refractivity (Wildman–Crippen MR) is 107 cm³/mol. The first-order valence-electron chi connectivity index (χ1n) is 9.20. The number of morpholine rings is 1. The third kappa shape index (κ3) is 4.33. The van der Waals surface area contributed by atoms with E-state index in [0.717, 1.165) is 15.8 Å². The van der Waals surface area contributed by atoms with Gasteiger partial charge in [-0.3, -0.25) is 14.5 Å². The highest BCUT2D eigenvalue weighted by Gasteiger charge is 2.31. The number of carbonyl (C=O) groups excluding carboxylic acids is 2. The summed E-state index contributed by atoms with van der Waals surface area (Å²) in [7, 11) is 5.15. The SMILES string of the molecule is CN(C)C(=O)CN1CCOC(c2c(C(=O)N(C)CCO)sc3ncccc23)C1. The summed E-state index contributed by atoms with van der Waals surface area (Å²) >= 11 is 1.34. The summed E-state index contributed by atoms with van der Waals surface area (Å²) in [5.74, 6) is -0.117. The average molecular weight is 407 g/mol. The predicted octanol–water partition coefficient (Wildman–Crippen LogP) is 0.822. The summed E-state index contributed by atoms with van der Waals surface area (Å²) in [4.78, 5) is 36.0. The molecule has 8 nitrogen and oxygen atoms in total. The summed E-state index contributed by atoms with van der Waals surface area (Å²) in [5.41, 5.74) is 0.824. The van der Waals surface area contributed by atoms with Gasteiger partial charge in [0.05, 0.1) is 25.9 Å². The van der Waals surface area contributed by atoms with Crippen LogP contribution in [-0.4, -0.2) is 97.1 Å². The molecule has 0 saturated carbocycles. The molecule has 0 aromatic carbocycles. The number of aliphatic hydroxyl groups is 1. The van der Waals surface area contributed by atoms with Crippen LogP contribution in [0.3, 0.4) is 0 Å². The lowest BCUT2D eigenvalue weighted by atomic mass is 10.0. The Morgan fingerprint density at radius 3 is 2.89 bits per heavy atom. The van der Waals surface area contributed by atoms with Crippen molar-refractivity contribution in [3.05, 3.63) is 28.8 Å². The quantitative estimate of drug-likeness (QED) is 0.765. The van der Waals surface area contributed by atoms with Crippen LogP contribution < -0.4 is 0 Å². The molecule has 0 aliphatic carbocycles. The van der Waals surface area contributed by atoms with E-state index in [0.29, 0.717) is 31.1 Å². The maximum Gasteiger partial charge on any atom is 0.264 e. The molecular weight excluding hydrogens is 380 g/mol. The van der Waals surface area contributed by atoms with Gasteiger partial charge < -0.3 is 19.6 Å². The molecule has 1 aliphatic heterocycles. The molecule has 0 bridgehead atoms. The van der Waals surface area contributed by atoms with E-state index in [4.69, 9.17) is 4.74 Å². The number of carbonyl (C=O) groups is 2. The molecule has 2 aromatic heterocycles. The standard InChI is InChI=1S/C19H26N4O4S/c1-21(2)15(25)12-23-8-10-27-14(11-23)16-13-5-4-6-20-18(13)28-17(16)19(26)22(3)7-9-24/h4-6,14,24H,7-12H2,1-3H3. The van der Waals surface area contributed by atoms with Crippen LogP contribution in [-0.2, 0) is 9.53 Å². The summed E-state index contributed by atoms with van der Waals surface area (Å²) < 4.78 is 6.03. The van der Waals surface area contributed by atoms with Gasteiger partial charge in [-0.25, -0.2) is 4.98 Å². The van der Waals surface area contributed by atoms with Crippen LogP contribution in [0, 0.1) is 0 Å². The van der Waals surface area contributed by atoms with Crippen LogP contribution in [0.2, 0.25) is 0 Å². The third-order valence-corrected chi connectivity index (χ3v) is 5.93. The van der Waals surface area contributed by atoms with E-state index in [1.165, 1.54) is 16.2 Å². The van der Waals surface area contributed by atoms with Crippen LogP contribution in [0.4, 0.5) is 0 Å². The third-order valence-electron chi connectivity index (χ3n) is 4.81. The Bertz CT molecular complexity index is 854. The van der Waals surface area contributed by atoms with Crippen molar-refractivity contribution in [2.45, 2.75) is 6.10 Å². The molecule has 1 atom stereocenters. The smallest absolute Gasteiger partial charge is 0.264 e. The maximum atomic E-state index is 13.0. The van der Waals surface area contributed by atoms with Gasteiger partial charge in [0, 0.05) is 57.9 Å². The molecular formula is C19H26N4O4S. The Balaban J connectivity index is 1.93. The number of hydrogen-bond acceptors (Lipinski definition) is 7. The lowest BCUT2D eigenvalue weighted by Crippen LogP contribution is -2.44. The van der Waals surface area contributed by atoms with Crippen molar-refractivity contribution in [3.8, 4) is 0 Å². The number of ether oxygens (including phenoxy) is 1. The number of pyridine rings is 1. The maximum absolute atomic E-state index is 13.0. The summed E-state index contributed by atoms with van der Waals surface area (Å²) in [5, 5.41) is 10.1. The second kappa shape index (κ2) is 8.95. The molecule has 3 rings (SSSR count). The van der Waals surface area contributed by atoms with Crippen LogP contribution in [0.1, 0.15) is 21.3 Å². The van der Waals surface area contributed by atoms with Gasteiger partial charge in [-0.1, -0.05) is 6.07 Å². The van der Waals surface area contributed by atoms with Gasteiger partial charge in [0.25, 0.3) is 5.91 Å². The molecule has 1 unspecified atom stereocenters. The first-order valence-corrected chi connectivity index (χ1v) is 10.0. The van der Waals surface area contributed by atoms with Crippen molar-refractivity contribution in [1.29, 1.82) is 0 Å². The van der Waals surface area contributed by atoms with E-state index < -0.39 is 0 Å². The van der Waals surface area contributed by atoms with Gasteiger partial charge in [-0.15, -0.1) is 11.3 Å². The highest BCUT2D eigenvalue weighted by Crippen LogP contribution is 2.37. The molecule has 0 spiro atoms. The van der Waals surface area contributed by atoms with Crippen molar-refractivity contribution in [2.75, 3.05) is 60.5 Å². The number of hydrogen-bond donors (Lipinski definition) is 1.